The number of rotatable bonds is 5. The van der Waals surface area contributed by atoms with Gasteiger partial charge in [0.15, 0.2) is 12.2 Å². The maximum absolute atomic E-state index is 12.7. The molecular formula is C19H20N4O5. The lowest BCUT2D eigenvalue weighted by Gasteiger charge is -2.34. The summed E-state index contributed by atoms with van der Waals surface area (Å²) in [5, 5.41) is 30.2. The van der Waals surface area contributed by atoms with Crippen LogP contribution in [0.5, 0.6) is 5.75 Å². The number of hydrogen-bond acceptors (Lipinski definition) is 6. The minimum atomic E-state index is -1.74. The molecule has 1 fully saturated rings. The number of carbonyl (C=O) groups is 2. The first-order valence-electron chi connectivity index (χ1n) is 8.53. The largest absolute Gasteiger partial charge is 0.506 e. The summed E-state index contributed by atoms with van der Waals surface area (Å²) < 4.78 is 5.32. The first-order valence-corrected chi connectivity index (χ1v) is 8.53. The SMILES string of the molecule is N=C(N)c1ccc(NC(=O)[C@H](O)[C@H]2OCCN(c3ccccc3O)C2=O)cc1. The van der Waals surface area contributed by atoms with Gasteiger partial charge in [0, 0.05) is 17.8 Å². The van der Waals surface area contributed by atoms with Crippen LogP contribution in [-0.4, -0.2) is 53.2 Å². The van der Waals surface area contributed by atoms with Gasteiger partial charge in [-0.1, -0.05) is 12.1 Å². The summed E-state index contributed by atoms with van der Waals surface area (Å²) in [7, 11) is 0. The highest BCUT2D eigenvalue weighted by molar-refractivity contribution is 6.04. The topological polar surface area (TPSA) is 149 Å². The number of carbonyl (C=O) groups excluding carboxylic acids is 2. The summed E-state index contributed by atoms with van der Waals surface area (Å²) in [6.07, 6.45) is -3.14. The molecule has 1 aliphatic heterocycles. The molecule has 2 aromatic carbocycles. The molecule has 0 aliphatic carbocycles. The van der Waals surface area contributed by atoms with Gasteiger partial charge in [-0.25, -0.2) is 0 Å². The Hall–Kier alpha value is -3.43. The van der Waals surface area contributed by atoms with Crippen LogP contribution in [-0.2, 0) is 14.3 Å². The van der Waals surface area contributed by atoms with Gasteiger partial charge in [-0.3, -0.25) is 15.0 Å². The molecule has 6 N–H and O–H groups in total. The molecule has 0 spiro atoms. The lowest BCUT2D eigenvalue weighted by Crippen LogP contribution is -2.55. The third-order valence-electron chi connectivity index (χ3n) is 4.31. The van der Waals surface area contributed by atoms with E-state index in [4.69, 9.17) is 15.9 Å². The number of nitrogens with one attached hydrogen (secondary N) is 2. The molecule has 2 atom stereocenters. The summed E-state index contributed by atoms with van der Waals surface area (Å²) in [6.45, 7) is 0.288. The average Bonchev–Trinajstić information content (AvgIpc) is 2.68. The van der Waals surface area contributed by atoms with Gasteiger partial charge in [-0.2, -0.15) is 0 Å². The zero-order chi connectivity index (χ0) is 20.3. The van der Waals surface area contributed by atoms with E-state index < -0.39 is 24.0 Å². The lowest BCUT2D eigenvalue weighted by molar-refractivity contribution is -0.150. The number of nitrogens with zero attached hydrogens (tertiary/aromatic N) is 1. The Balaban J connectivity index is 1.71. The van der Waals surface area contributed by atoms with Crippen molar-refractivity contribution in [2.75, 3.05) is 23.4 Å². The molecule has 9 nitrogen and oxygen atoms in total. The van der Waals surface area contributed by atoms with E-state index in [0.29, 0.717) is 11.3 Å². The first-order chi connectivity index (χ1) is 13.4. The number of nitrogens with two attached hydrogens (primary N) is 1. The van der Waals surface area contributed by atoms with E-state index in [2.05, 4.69) is 5.32 Å². The molecule has 1 heterocycles. The van der Waals surface area contributed by atoms with Crippen molar-refractivity contribution in [3.63, 3.8) is 0 Å². The van der Waals surface area contributed by atoms with Crippen LogP contribution in [0, 0.1) is 5.41 Å². The Bertz CT molecular complexity index is 899. The van der Waals surface area contributed by atoms with Crippen LogP contribution in [0.3, 0.4) is 0 Å². The fourth-order valence-electron chi connectivity index (χ4n) is 2.85. The molecule has 2 amide bonds. The number of anilines is 2. The number of morpholine rings is 1. The number of phenolic OH excluding ortho intramolecular Hbond substituents is 1. The van der Waals surface area contributed by atoms with Crippen LogP contribution >= 0.6 is 0 Å². The number of aliphatic hydroxyl groups excluding tert-OH is 1. The van der Waals surface area contributed by atoms with Crippen molar-refractivity contribution in [3.8, 4) is 5.75 Å². The highest BCUT2D eigenvalue weighted by Crippen LogP contribution is 2.29. The Morgan fingerprint density at radius 2 is 1.93 bits per heavy atom. The fraction of sp³-hybridized carbons (Fsp3) is 0.211. The van der Waals surface area contributed by atoms with Crippen LogP contribution in [0.2, 0.25) is 0 Å². The van der Waals surface area contributed by atoms with Gasteiger partial charge in [-0.15, -0.1) is 0 Å². The molecule has 28 heavy (non-hydrogen) atoms. The summed E-state index contributed by atoms with van der Waals surface area (Å²) >= 11 is 0. The van der Waals surface area contributed by atoms with Gasteiger partial charge in [0.25, 0.3) is 11.8 Å². The number of amides is 2. The third kappa shape index (κ3) is 3.95. The second kappa shape index (κ2) is 8.07. The summed E-state index contributed by atoms with van der Waals surface area (Å²) in [5.74, 6) is -1.63. The Kier molecular flexibility index (Phi) is 5.57. The minimum absolute atomic E-state index is 0.0824. The van der Waals surface area contributed by atoms with Gasteiger partial charge >= 0.3 is 0 Å². The number of nitrogen functional groups attached to an aromatic ring is 1. The maximum atomic E-state index is 12.7. The molecule has 1 saturated heterocycles. The molecule has 0 radical (unpaired) electrons. The molecule has 2 aromatic rings. The molecular weight excluding hydrogens is 364 g/mol. The van der Waals surface area contributed by atoms with Crippen LogP contribution in [0.1, 0.15) is 5.56 Å². The van der Waals surface area contributed by atoms with Crippen LogP contribution < -0.4 is 16.0 Å². The fourth-order valence-corrected chi connectivity index (χ4v) is 2.85. The number of hydrogen-bond donors (Lipinski definition) is 5. The molecule has 0 bridgehead atoms. The van der Waals surface area contributed by atoms with Crippen molar-refractivity contribution in [2.24, 2.45) is 5.73 Å². The van der Waals surface area contributed by atoms with E-state index in [1.807, 2.05) is 0 Å². The van der Waals surface area contributed by atoms with Crippen LogP contribution in [0.15, 0.2) is 48.5 Å². The predicted molar refractivity (Wildman–Crippen MR) is 102 cm³/mol. The van der Waals surface area contributed by atoms with Crippen molar-refractivity contribution in [3.05, 3.63) is 54.1 Å². The summed E-state index contributed by atoms with van der Waals surface area (Å²) in [4.78, 5) is 26.3. The monoisotopic (exact) mass is 384 g/mol. The second-order valence-electron chi connectivity index (χ2n) is 6.20. The standard InChI is InChI=1S/C19H20N4O5/c20-17(21)11-5-7-12(8-6-11)22-18(26)15(25)16-19(27)23(9-10-28-16)13-3-1-2-4-14(13)24/h1-8,15-16,24-25H,9-10H2,(H3,20,21)(H,22,26)/t15-,16-/m1/s1. The van der Waals surface area contributed by atoms with Crippen molar-refractivity contribution < 1.29 is 24.5 Å². The van der Waals surface area contributed by atoms with Crippen molar-refractivity contribution in [2.45, 2.75) is 12.2 Å². The number of benzene rings is 2. The summed E-state index contributed by atoms with van der Waals surface area (Å²) in [5.41, 5.74) is 6.52. The van der Waals surface area contributed by atoms with Gasteiger partial charge in [-0.05, 0) is 36.4 Å². The van der Waals surface area contributed by atoms with Gasteiger partial charge in [0.05, 0.1) is 12.3 Å². The number of aromatic hydroxyl groups is 1. The smallest absolute Gasteiger partial charge is 0.259 e. The first kappa shape index (κ1) is 19.3. The van der Waals surface area contributed by atoms with Gasteiger partial charge in [0.1, 0.15) is 11.6 Å². The molecule has 1 aliphatic rings. The Morgan fingerprint density at radius 3 is 2.57 bits per heavy atom. The van der Waals surface area contributed by atoms with Crippen molar-refractivity contribution in [1.82, 2.24) is 0 Å². The van der Waals surface area contributed by atoms with E-state index in [-0.39, 0.29) is 30.4 Å². The van der Waals surface area contributed by atoms with Crippen LogP contribution in [0.25, 0.3) is 0 Å². The van der Waals surface area contributed by atoms with E-state index in [0.717, 1.165) is 0 Å². The van der Waals surface area contributed by atoms with Crippen molar-refractivity contribution >= 4 is 29.0 Å². The number of para-hydroxylation sites is 2. The Labute approximate surface area is 160 Å². The zero-order valence-electron chi connectivity index (χ0n) is 14.8. The minimum Gasteiger partial charge on any atom is -0.506 e. The predicted octanol–water partition coefficient (Wildman–Crippen LogP) is 0.408. The van der Waals surface area contributed by atoms with E-state index in [9.17, 15) is 19.8 Å². The highest BCUT2D eigenvalue weighted by Gasteiger charge is 2.39. The quantitative estimate of drug-likeness (QED) is 0.372. The molecule has 0 saturated carbocycles. The normalized spacial score (nSPS) is 17.8. The van der Waals surface area contributed by atoms with Gasteiger partial charge in [0.2, 0.25) is 0 Å². The Morgan fingerprint density at radius 1 is 1.25 bits per heavy atom. The number of amidine groups is 1. The summed E-state index contributed by atoms with van der Waals surface area (Å²) in [6, 6.07) is 12.5. The van der Waals surface area contributed by atoms with Crippen molar-refractivity contribution in [1.29, 1.82) is 5.41 Å². The van der Waals surface area contributed by atoms with Gasteiger partial charge < -0.3 is 30.9 Å². The molecule has 0 unspecified atom stereocenters. The second-order valence-corrected chi connectivity index (χ2v) is 6.20. The highest BCUT2D eigenvalue weighted by atomic mass is 16.5. The van der Waals surface area contributed by atoms with E-state index >= 15 is 0 Å². The van der Waals surface area contributed by atoms with E-state index in [1.54, 1.807) is 30.3 Å². The zero-order valence-corrected chi connectivity index (χ0v) is 14.8. The average molecular weight is 384 g/mol. The number of phenols is 1. The van der Waals surface area contributed by atoms with E-state index in [1.165, 1.54) is 23.1 Å². The van der Waals surface area contributed by atoms with Crippen LogP contribution in [0.4, 0.5) is 11.4 Å². The number of ether oxygens (including phenoxy) is 1. The third-order valence-corrected chi connectivity index (χ3v) is 4.31. The molecule has 3 rings (SSSR count). The number of aliphatic hydroxyl groups is 1. The molecule has 146 valence electrons. The maximum Gasteiger partial charge on any atom is 0.259 e. The molecule has 9 heteroatoms. The lowest BCUT2D eigenvalue weighted by atomic mass is 10.1. The molecule has 0 aromatic heterocycles.